The van der Waals surface area contributed by atoms with Gasteiger partial charge >= 0.3 is 6.01 Å². The summed E-state index contributed by atoms with van der Waals surface area (Å²) in [6.45, 7) is 6.35. The second kappa shape index (κ2) is 10.7. The van der Waals surface area contributed by atoms with E-state index in [1.165, 1.54) is 10.7 Å². The molecule has 0 fully saturated rings. The third kappa shape index (κ3) is 5.80. The highest BCUT2D eigenvalue weighted by atomic mass is 32.2. The van der Waals surface area contributed by atoms with Crippen LogP contribution in [0.5, 0.6) is 11.9 Å². The van der Waals surface area contributed by atoms with Gasteiger partial charge in [0.05, 0.1) is 5.56 Å². The lowest BCUT2D eigenvalue weighted by molar-refractivity contribution is 0.201. The summed E-state index contributed by atoms with van der Waals surface area (Å²) in [5.74, 6) is 0.764. The third-order valence-corrected chi connectivity index (χ3v) is 6.64. The molecule has 0 saturated carbocycles. The number of hydrogen-bond acceptors (Lipinski definition) is 8. The van der Waals surface area contributed by atoms with Gasteiger partial charge in [-0.15, -0.1) is 5.10 Å². The minimum absolute atomic E-state index is 0.0818. The SMILES string of the molecule is Cc1ccc(-c2c(OCCOc3ncccn3)nn(C)c2NS(=O)(=O)c2ccc(C(C)C)cn2)cc1. The number of aryl methyl sites for hydroxylation is 2. The van der Waals surface area contributed by atoms with Crippen LogP contribution in [0.1, 0.15) is 30.9 Å². The Morgan fingerprint density at radius 3 is 2.31 bits per heavy atom. The Morgan fingerprint density at radius 2 is 1.67 bits per heavy atom. The van der Waals surface area contributed by atoms with E-state index in [1.807, 2.05) is 45.0 Å². The zero-order valence-electron chi connectivity index (χ0n) is 20.5. The van der Waals surface area contributed by atoms with Crippen molar-refractivity contribution in [3.05, 3.63) is 72.2 Å². The molecule has 0 aliphatic carbocycles. The van der Waals surface area contributed by atoms with Gasteiger partial charge < -0.3 is 9.47 Å². The van der Waals surface area contributed by atoms with Gasteiger partial charge in [-0.2, -0.15) is 8.42 Å². The zero-order chi connectivity index (χ0) is 25.7. The van der Waals surface area contributed by atoms with Gasteiger partial charge in [-0.3, -0.25) is 4.72 Å². The molecule has 4 rings (SSSR count). The Balaban J connectivity index is 1.61. The number of hydrogen-bond donors (Lipinski definition) is 1. The molecule has 1 aromatic carbocycles. The van der Waals surface area contributed by atoms with Crippen molar-refractivity contribution in [3.63, 3.8) is 0 Å². The summed E-state index contributed by atoms with van der Waals surface area (Å²) in [7, 11) is -2.34. The summed E-state index contributed by atoms with van der Waals surface area (Å²) in [5.41, 5.74) is 3.28. The van der Waals surface area contributed by atoms with Gasteiger partial charge in [-0.1, -0.05) is 49.7 Å². The monoisotopic (exact) mass is 508 g/mol. The first-order chi connectivity index (χ1) is 17.2. The van der Waals surface area contributed by atoms with Crippen molar-refractivity contribution in [2.24, 2.45) is 7.05 Å². The smallest absolute Gasteiger partial charge is 0.316 e. The molecule has 3 aromatic heterocycles. The Kier molecular flexibility index (Phi) is 7.49. The number of aromatic nitrogens is 5. The maximum Gasteiger partial charge on any atom is 0.316 e. The Morgan fingerprint density at radius 1 is 0.972 bits per heavy atom. The fourth-order valence-corrected chi connectivity index (χ4v) is 4.43. The molecule has 4 aromatic rings. The molecule has 0 atom stereocenters. The Bertz CT molecular complexity index is 1400. The van der Waals surface area contributed by atoms with E-state index in [-0.39, 0.29) is 41.9 Å². The van der Waals surface area contributed by atoms with Crippen molar-refractivity contribution >= 4 is 15.8 Å². The molecule has 0 unspecified atom stereocenters. The molecule has 188 valence electrons. The average molecular weight is 509 g/mol. The topological polar surface area (TPSA) is 121 Å². The van der Waals surface area contributed by atoms with Gasteiger partial charge in [0.25, 0.3) is 10.0 Å². The van der Waals surface area contributed by atoms with E-state index >= 15 is 0 Å². The van der Waals surface area contributed by atoms with Crippen LogP contribution in [0.25, 0.3) is 11.1 Å². The second-order valence-electron chi connectivity index (χ2n) is 8.44. The van der Waals surface area contributed by atoms with Crippen LogP contribution in [0.4, 0.5) is 5.82 Å². The molecular weight excluding hydrogens is 480 g/mol. The van der Waals surface area contributed by atoms with E-state index in [2.05, 4.69) is 24.8 Å². The summed E-state index contributed by atoms with van der Waals surface area (Å²) >= 11 is 0. The average Bonchev–Trinajstić information content (AvgIpc) is 3.17. The molecule has 10 nitrogen and oxygen atoms in total. The fraction of sp³-hybridized carbons (Fsp3) is 0.280. The quantitative estimate of drug-likeness (QED) is 0.320. The number of nitrogens with zero attached hydrogens (tertiary/aromatic N) is 5. The summed E-state index contributed by atoms with van der Waals surface area (Å²) in [6.07, 6.45) is 4.75. The normalized spacial score (nSPS) is 11.5. The van der Waals surface area contributed by atoms with Gasteiger partial charge in [-0.25, -0.2) is 19.6 Å². The van der Waals surface area contributed by atoms with Crippen LogP contribution in [0, 0.1) is 6.92 Å². The van der Waals surface area contributed by atoms with Gasteiger partial charge in [-0.05, 0) is 36.1 Å². The van der Waals surface area contributed by atoms with E-state index in [0.29, 0.717) is 5.56 Å². The number of pyridine rings is 1. The van der Waals surface area contributed by atoms with E-state index in [9.17, 15) is 8.42 Å². The molecule has 0 spiro atoms. The lowest BCUT2D eigenvalue weighted by Gasteiger charge is -2.12. The number of ether oxygens (including phenoxy) is 2. The van der Waals surface area contributed by atoms with Gasteiger partial charge in [0.15, 0.2) is 5.03 Å². The number of anilines is 1. The molecule has 3 heterocycles. The van der Waals surface area contributed by atoms with Crippen LogP contribution >= 0.6 is 0 Å². The predicted octanol–water partition coefficient (Wildman–Crippen LogP) is 3.96. The van der Waals surface area contributed by atoms with Gasteiger partial charge in [0.2, 0.25) is 5.88 Å². The Hall–Kier alpha value is -3.99. The first kappa shape index (κ1) is 25.1. The Labute approximate surface area is 210 Å². The van der Waals surface area contributed by atoms with Crippen LogP contribution in [0.3, 0.4) is 0 Å². The predicted molar refractivity (Wildman–Crippen MR) is 136 cm³/mol. The van der Waals surface area contributed by atoms with Crippen LogP contribution in [0.15, 0.2) is 66.1 Å². The highest BCUT2D eigenvalue weighted by molar-refractivity contribution is 7.92. The minimum atomic E-state index is -3.98. The highest BCUT2D eigenvalue weighted by Gasteiger charge is 2.25. The maximum absolute atomic E-state index is 13.2. The molecule has 11 heteroatoms. The van der Waals surface area contributed by atoms with Crippen LogP contribution in [-0.4, -0.2) is 46.4 Å². The van der Waals surface area contributed by atoms with Gasteiger partial charge in [0.1, 0.15) is 19.0 Å². The number of benzene rings is 1. The van der Waals surface area contributed by atoms with Crippen molar-refractivity contribution < 1.29 is 17.9 Å². The molecule has 0 saturated heterocycles. The zero-order valence-corrected chi connectivity index (χ0v) is 21.4. The lowest BCUT2D eigenvalue weighted by atomic mass is 10.1. The molecule has 1 N–H and O–H groups in total. The lowest BCUT2D eigenvalue weighted by Crippen LogP contribution is -2.17. The molecule has 0 radical (unpaired) electrons. The molecule has 0 amide bonds. The van der Waals surface area contributed by atoms with Crippen LogP contribution in [0.2, 0.25) is 0 Å². The van der Waals surface area contributed by atoms with Crippen molar-refractivity contribution in [1.82, 2.24) is 24.7 Å². The van der Waals surface area contributed by atoms with E-state index in [1.54, 1.807) is 37.8 Å². The molecule has 0 aliphatic rings. The first-order valence-electron chi connectivity index (χ1n) is 11.4. The molecule has 0 bridgehead atoms. The summed E-state index contributed by atoms with van der Waals surface area (Å²) in [6, 6.07) is 12.9. The van der Waals surface area contributed by atoms with Crippen molar-refractivity contribution in [3.8, 4) is 23.0 Å². The van der Waals surface area contributed by atoms with Crippen molar-refractivity contribution in [2.75, 3.05) is 17.9 Å². The van der Waals surface area contributed by atoms with Gasteiger partial charge in [0, 0.05) is 25.6 Å². The maximum atomic E-state index is 13.2. The second-order valence-corrected chi connectivity index (χ2v) is 10.1. The standard InChI is InChI=1S/C25H28N6O4S/c1-17(2)20-10-11-21(28-16-20)36(32,33)30-23-22(19-8-6-18(3)7-9-19)24(29-31(23)4)34-14-15-35-25-26-12-5-13-27-25/h5-13,16-17,30H,14-15H2,1-4H3. The third-order valence-electron chi connectivity index (χ3n) is 5.38. The minimum Gasteiger partial charge on any atom is -0.472 e. The molecule has 36 heavy (non-hydrogen) atoms. The highest BCUT2D eigenvalue weighted by Crippen LogP contribution is 2.37. The molecular formula is C25H28N6O4S. The largest absolute Gasteiger partial charge is 0.472 e. The van der Waals surface area contributed by atoms with E-state index in [4.69, 9.17) is 9.47 Å². The summed E-state index contributed by atoms with van der Waals surface area (Å²) in [4.78, 5) is 12.2. The van der Waals surface area contributed by atoms with Crippen molar-refractivity contribution in [1.29, 1.82) is 0 Å². The number of rotatable bonds is 10. The number of sulfonamides is 1. The van der Waals surface area contributed by atoms with Crippen LogP contribution < -0.4 is 14.2 Å². The first-order valence-corrected chi connectivity index (χ1v) is 12.9. The number of nitrogens with one attached hydrogen (secondary N) is 1. The fourth-order valence-electron chi connectivity index (χ4n) is 3.40. The summed E-state index contributed by atoms with van der Waals surface area (Å²) < 4.78 is 41.9. The van der Waals surface area contributed by atoms with E-state index in [0.717, 1.165) is 16.7 Å². The molecule has 0 aliphatic heterocycles. The summed E-state index contributed by atoms with van der Waals surface area (Å²) in [5, 5.41) is 4.35. The van der Waals surface area contributed by atoms with Crippen LogP contribution in [-0.2, 0) is 17.1 Å². The van der Waals surface area contributed by atoms with E-state index < -0.39 is 10.0 Å². The van der Waals surface area contributed by atoms with Crippen molar-refractivity contribution in [2.45, 2.75) is 31.7 Å².